The van der Waals surface area contributed by atoms with Crippen molar-refractivity contribution < 1.29 is 5.11 Å². The smallest absolute Gasteiger partial charge is 0.125 e. The molecule has 1 aromatic rings. The van der Waals surface area contributed by atoms with E-state index in [0.717, 1.165) is 16.7 Å². The first kappa shape index (κ1) is 11.5. The van der Waals surface area contributed by atoms with Gasteiger partial charge in [0.2, 0.25) is 0 Å². The van der Waals surface area contributed by atoms with Gasteiger partial charge in [-0.2, -0.15) is 0 Å². The fraction of sp³-hybridized carbons (Fsp3) is 0.308. The van der Waals surface area contributed by atoms with Gasteiger partial charge in [-0.05, 0) is 38.8 Å². The molecule has 0 bridgehead atoms. The number of allylic oxidation sites excluding steroid dienone is 1. The van der Waals surface area contributed by atoms with E-state index in [1.807, 2.05) is 32.9 Å². The molecule has 0 aliphatic carbocycles. The van der Waals surface area contributed by atoms with Crippen molar-refractivity contribution in [2.24, 2.45) is 0 Å². The molecule has 1 aromatic carbocycles. The molecule has 80 valence electrons. The summed E-state index contributed by atoms with van der Waals surface area (Å²) in [5.74, 6) is 0.178. The Labute approximate surface area is 90.8 Å². The number of hydrogen-bond acceptors (Lipinski definition) is 2. The lowest BCUT2D eigenvalue weighted by atomic mass is 9.98. The summed E-state index contributed by atoms with van der Waals surface area (Å²) in [5.41, 5.74) is 4.47. The molecule has 0 heterocycles. The molecule has 0 saturated carbocycles. The van der Waals surface area contributed by atoms with E-state index in [-0.39, 0.29) is 5.76 Å². The van der Waals surface area contributed by atoms with E-state index >= 15 is 0 Å². The zero-order chi connectivity index (χ0) is 11.6. The quantitative estimate of drug-likeness (QED) is 0.560. The van der Waals surface area contributed by atoms with Crippen molar-refractivity contribution in [3.8, 4) is 0 Å². The lowest BCUT2D eigenvalue weighted by Gasteiger charge is -2.10. The molecule has 0 saturated heterocycles. The molecule has 0 spiro atoms. The topological polar surface area (TPSA) is 44.1 Å². The number of nitrogens with one attached hydrogen (secondary N) is 1. The van der Waals surface area contributed by atoms with Crippen LogP contribution in [0, 0.1) is 26.2 Å². The van der Waals surface area contributed by atoms with Crippen LogP contribution >= 0.6 is 0 Å². The van der Waals surface area contributed by atoms with Crippen molar-refractivity contribution in [3.05, 3.63) is 40.5 Å². The summed E-state index contributed by atoms with van der Waals surface area (Å²) >= 11 is 0. The molecule has 0 radical (unpaired) electrons. The maximum atomic E-state index is 9.86. The minimum absolute atomic E-state index is 0.178. The van der Waals surface area contributed by atoms with Crippen LogP contribution in [-0.2, 0) is 0 Å². The lowest BCUT2D eigenvalue weighted by molar-refractivity contribution is 0.511. The van der Waals surface area contributed by atoms with Gasteiger partial charge >= 0.3 is 0 Å². The van der Waals surface area contributed by atoms with Gasteiger partial charge in [-0.1, -0.05) is 17.7 Å². The average Bonchev–Trinajstić information content (AvgIpc) is 1.99. The highest BCUT2D eigenvalue weighted by atomic mass is 16.3. The number of benzene rings is 1. The first-order chi connectivity index (χ1) is 6.91. The molecule has 2 nitrogen and oxygen atoms in total. The Morgan fingerprint density at radius 1 is 1.20 bits per heavy atom. The van der Waals surface area contributed by atoms with Crippen LogP contribution in [-0.4, -0.2) is 10.8 Å². The highest BCUT2D eigenvalue weighted by molar-refractivity contribution is 5.96. The predicted molar refractivity (Wildman–Crippen MR) is 64.7 cm³/mol. The molecule has 2 N–H and O–H groups in total. The van der Waals surface area contributed by atoms with Gasteiger partial charge in [0.05, 0.1) is 0 Å². The number of rotatable bonds is 2. The maximum Gasteiger partial charge on any atom is 0.125 e. The van der Waals surface area contributed by atoms with Crippen molar-refractivity contribution in [2.45, 2.75) is 27.7 Å². The Balaban J connectivity index is 3.32. The first-order valence-corrected chi connectivity index (χ1v) is 4.96. The first-order valence-electron chi connectivity index (χ1n) is 4.96. The summed E-state index contributed by atoms with van der Waals surface area (Å²) in [5, 5.41) is 17.2. The molecule has 0 aromatic heterocycles. The minimum Gasteiger partial charge on any atom is -0.507 e. The summed E-state index contributed by atoms with van der Waals surface area (Å²) in [6.45, 7) is 7.62. The number of aliphatic hydroxyl groups is 1. The molecule has 0 aliphatic rings. The Bertz CT molecular complexity index is 407. The third-order valence-corrected chi connectivity index (χ3v) is 2.29. The average molecular weight is 203 g/mol. The van der Waals surface area contributed by atoms with Crippen molar-refractivity contribution in [3.63, 3.8) is 0 Å². The van der Waals surface area contributed by atoms with Gasteiger partial charge in [0.25, 0.3) is 0 Å². The highest BCUT2D eigenvalue weighted by Crippen LogP contribution is 2.22. The van der Waals surface area contributed by atoms with Gasteiger partial charge in [-0.25, -0.2) is 0 Å². The van der Waals surface area contributed by atoms with Crippen LogP contribution in [0.1, 0.15) is 29.2 Å². The van der Waals surface area contributed by atoms with E-state index < -0.39 is 0 Å². The summed E-state index contributed by atoms with van der Waals surface area (Å²) in [4.78, 5) is 0. The largest absolute Gasteiger partial charge is 0.507 e. The fourth-order valence-corrected chi connectivity index (χ4v) is 1.86. The number of hydrogen-bond donors (Lipinski definition) is 2. The van der Waals surface area contributed by atoms with E-state index in [2.05, 4.69) is 0 Å². The second kappa shape index (κ2) is 4.30. The molecule has 15 heavy (non-hydrogen) atoms. The monoisotopic (exact) mass is 203 g/mol. The summed E-state index contributed by atoms with van der Waals surface area (Å²) in [7, 11) is 0. The summed E-state index contributed by atoms with van der Waals surface area (Å²) < 4.78 is 0. The van der Waals surface area contributed by atoms with E-state index in [9.17, 15) is 5.11 Å². The van der Waals surface area contributed by atoms with Gasteiger partial charge in [-0.15, -0.1) is 0 Å². The third-order valence-electron chi connectivity index (χ3n) is 2.29. The lowest BCUT2D eigenvalue weighted by Crippen LogP contribution is -1.96. The molecule has 0 fully saturated rings. The van der Waals surface area contributed by atoms with Crippen molar-refractivity contribution in [1.29, 1.82) is 5.41 Å². The molecule has 0 atom stereocenters. The minimum atomic E-state index is 0.178. The second-order valence-corrected chi connectivity index (χ2v) is 3.99. The van der Waals surface area contributed by atoms with Crippen molar-refractivity contribution in [2.75, 3.05) is 0 Å². The predicted octanol–water partition coefficient (Wildman–Crippen LogP) is 3.55. The van der Waals surface area contributed by atoms with Crippen molar-refractivity contribution >= 4 is 11.5 Å². The number of aliphatic hydroxyl groups excluding tert-OH is 1. The van der Waals surface area contributed by atoms with Crippen LogP contribution in [0.5, 0.6) is 0 Å². The SMILES string of the molecule is CC(=N)/C=C(\O)c1c(C)cc(C)cc1C. The van der Waals surface area contributed by atoms with Crippen LogP contribution in [0.2, 0.25) is 0 Å². The van der Waals surface area contributed by atoms with E-state index in [1.54, 1.807) is 6.92 Å². The summed E-state index contributed by atoms with van der Waals surface area (Å²) in [6.07, 6.45) is 1.48. The molecular weight excluding hydrogens is 186 g/mol. The Hall–Kier alpha value is -1.57. The molecule has 0 aliphatic heterocycles. The van der Waals surface area contributed by atoms with Gasteiger partial charge in [-0.3, -0.25) is 0 Å². The maximum absolute atomic E-state index is 9.86. The van der Waals surface area contributed by atoms with Crippen molar-refractivity contribution in [1.82, 2.24) is 0 Å². The molecule has 0 amide bonds. The van der Waals surface area contributed by atoms with Gasteiger partial charge in [0.15, 0.2) is 0 Å². The molecular formula is C13H17NO. The zero-order valence-electron chi connectivity index (χ0n) is 9.68. The highest BCUT2D eigenvalue weighted by Gasteiger charge is 2.07. The third kappa shape index (κ3) is 2.69. The van der Waals surface area contributed by atoms with E-state index in [0.29, 0.717) is 5.71 Å². The van der Waals surface area contributed by atoms with Gasteiger partial charge in [0, 0.05) is 17.4 Å². The van der Waals surface area contributed by atoms with E-state index in [4.69, 9.17) is 5.41 Å². The van der Waals surface area contributed by atoms with Crippen LogP contribution in [0.4, 0.5) is 0 Å². The Kier molecular flexibility index (Phi) is 3.30. The Morgan fingerprint density at radius 3 is 2.07 bits per heavy atom. The van der Waals surface area contributed by atoms with Gasteiger partial charge < -0.3 is 10.5 Å². The fourth-order valence-electron chi connectivity index (χ4n) is 1.86. The van der Waals surface area contributed by atoms with Crippen LogP contribution in [0.15, 0.2) is 18.2 Å². The van der Waals surface area contributed by atoms with Crippen LogP contribution < -0.4 is 0 Å². The molecule has 2 heteroatoms. The van der Waals surface area contributed by atoms with E-state index in [1.165, 1.54) is 11.6 Å². The molecule has 1 rings (SSSR count). The van der Waals surface area contributed by atoms with Crippen LogP contribution in [0.3, 0.4) is 0 Å². The normalized spacial score (nSPS) is 11.6. The zero-order valence-corrected chi connectivity index (χ0v) is 9.68. The molecule has 0 unspecified atom stereocenters. The van der Waals surface area contributed by atoms with Gasteiger partial charge in [0.1, 0.15) is 5.76 Å². The Morgan fingerprint density at radius 2 is 1.67 bits per heavy atom. The summed E-state index contributed by atoms with van der Waals surface area (Å²) in [6, 6.07) is 4.07. The standard InChI is InChI=1S/C13H17NO/c1-8-5-9(2)13(10(3)6-8)12(15)7-11(4)14/h5-7,14-15H,1-4H3/b12-7-,14-11?. The number of aryl methyl sites for hydroxylation is 3. The second-order valence-electron chi connectivity index (χ2n) is 3.99. The van der Waals surface area contributed by atoms with Crippen LogP contribution in [0.25, 0.3) is 5.76 Å².